The Balaban J connectivity index is 1.45. The maximum absolute atomic E-state index is 13.1. The van der Waals surface area contributed by atoms with Crippen molar-refractivity contribution in [3.8, 4) is 0 Å². The second-order valence-electron chi connectivity index (χ2n) is 7.82. The number of pyridine rings is 1. The van der Waals surface area contributed by atoms with Crippen LogP contribution in [-0.2, 0) is 0 Å². The van der Waals surface area contributed by atoms with Crippen LogP contribution in [0.1, 0.15) is 36.1 Å². The molecule has 0 spiro atoms. The van der Waals surface area contributed by atoms with Crippen LogP contribution >= 0.6 is 0 Å². The van der Waals surface area contributed by atoms with Gasteiger partial charge in [-0.3, -0.25) is 4.79 Å². The number of piperazine rings is 1. The molecule has 1 unspecified atom stereocenters. The van der Waals surface area contributed by atoms with E-state index in [2.05, 4.69) is 31.7 Å². The topological polar surface area (TPSA) is 65.5 Å². The van der Waals surface area contributed by atoms with E-state index in [0.717, 1.165) is 37.8 Å². The molecule has 0 bridgehead atoms. The van der Waals surface area contributed by atoms with E-state index in [1.165, 1.54) is 12.8 Å². The highest BCUT2D eigenvalue weighted by molar-refractivity contribution is 5.93. The van der Waals surface area contributed by atoms with E-state index in [-0.39, 0.29) is 5.91 Å². The lowest BCUT2D eigenvalue weighted by Crippen LogP contribution is -2.49. The van der Waals surface area contributed by atoms with Gasteiger partial charge in [0.15, 0.2) is 0 Å². The Labute approximate surface area is 166 Å². The number of hydrogen-bond donors (Lipinski definition) is 0. The average Bonchev–Trinajstić information content (AvgIpc) is 2.73. The third kappa shape index (κ3) is 4.08. The Morgan fingerprint density at radius 2 is 1.86 bits per heavy atom. The van der Waals surface area contributed by atoms with E-state index >= 15 is 0 Å². The number of rotatable bonds is 3. The quantitative estimate of drug-likeness (QED) is 0.815. The molecule has 2 aromatic rings. The molecule has 2 fully saturated rings. The van der Waals surface area contributed by atoms with Gasteiger partial charge in [0.05, 0.1) is 0 Å². The number of carbonyl (C=O) groups excluding carboxylic acids is 1. The van der Waals surface area contributed by atoms with E-state index in [1.807, 2.05) is 36.1 Å². The molecule has 2 saturated heterocycles. The lowest BCUT2D eigenvalue weighted by atomic mass is 10.0. The van der Waals surface area contributed by atoms with E-state index < -0.39 is 0 Å². The van der Waals surface area contributed by atoms with Gasteiger partial charge in [-0.15, -0.1) is 0 Å². The maximum Gasteiger partial charge on any atom is 0.272 e. The summed E-state index contributed by atoms with van der Waals surface area (Å²) in [6.45, 7) is 9.04. The van der Waals surface area contributed by atoms with Crippen LogP contribution in [0.2, 0.25) is 0 Å². The molecule has 2 aliphatic rings. The van der Waals surface area contributed by atoms with E-state index in [4.69, 9.17) is 0 Å². The van der Waals surface area contributed by atoms with Crippen LogP contribution in [0.3, 0.4) is 0 Å². The number of nitrogens with zero attached hydrogens (tertiary/aromatic N) is 6. The largest absolute Gasteiger partial charge is 0.356 e. The molecule has 2 aromatic heterocycles. The molecule has 28 heavy (non-hydrogen) atoms. The number of hydrogen-bond acceptors (Lipinski definition) is 6. The van der Waals surface area contributed by atoms with Crippen molar-refractivity contribution in [2.45, 2.75) is 26.7 Å². The van der Waals surface area contributed by atoms with Gasteiger partial charge in [0.1, 0.15) is 23.2 Å². The Morgan fingerprint density at radius 1 is 1.04 bits per heavy atom. The smallest absolute Gasteiger partial charge is 0.272 e. The first kappa shape index (κ1) is 18.7. The number of aromatic nitrogens is 3. The highest BCUT2D eigenvalue weighted by atomic mass is 16.2. The van der Waals surface area contributed by atoms with Crippen molar-refractivity contribution >= 4 is 17.5 Å². The van der Waals surface area contributed by atoms with Crippen molar-refractivity contribution in [2.75, 3.05) is 49.1 Å². The molecule has 1 atom stereocenters. The number of carbonyl (C=O) groups is 1. The van der Waals surface area contributed by atoms with Crippen LogP contribution < -0.4 is 9.80 Å². The molecule has 0 aliphatic carbocycles. The monoisotopic (exact) mass is 380 g/mol. The lowest BCUT2D eigenvalue weighted by Gasteiger charge is -2.35. The molecule has 148 valence electrons. The normalized spacial score (nSPS) is 20.4. The summed E-state index contributed by atoms with van der Waals surface area (Å²) in [5.41, 5.74) is 0.506. The van der Waals surface area contributed by atoms with Gasteiger partial charge < -0.3 is 14.7 Å². The van der Waals surface area contributed by atoms with Gasteiger partial charge in [-0.05, 0) is 37.8 Å². The molecule has 0 saturated carbocycles. The predicted molar refractivity (Wildman–Crippen MR) is 110 cm³/mol. The Bertz CT molecular complexity index is 819. The molecule has 1 amide bonds. The third-order valence-corrected chi connectivity index (χ3v) is 5.56. The van der Waals surface area contributed by atoms with Gasteiger partial charge in [0.2, 0.25) is 0 Å². The standard InChI is InChI=1S/C21H28N6O/c1-16-6-5-9-27(15-16)20-14-18(23-17(2)24-20)21(28)26-12-10-25(11-13-26)19-7-3-4-8-22-19/h3-4,7-8,14,16H,5-6,9-13,15H2,1-2H3. The Kier molecular flexibility index (Phi) is 5.41. The van der Waals surface area contributed by atoms with E-state index in [1.54, 1.807) is 6.20 Å². The fourth-order valence-corrected chi connectivity index (χ4v) is 4.06. The lowest BCUT2D eigenvalue weighted by molar-refractivity contribution is 0.0740. The minimum absolute atomic E-state index is 0.00233. The number of aryl methyl sites for hydroxylation is 1. The second-order valence-corrected chi connectivity index (χ2v) is 7.82. The predicted octanol–water partition coefficient (Wildman–Crippen LogP) is 2.38. The summed E-state index contributed by atoms with van der Waals surface area (Å²) in [6.07, 6.45) is 4.23. The highest BCUT2D eigenvalue weighted by Gasteiger charge is 2.25. The minimum atomic E-state index is -0.00233. The second kappa shape index (κ2) is 8.12. The zero-order valence-electron chi connectivity index (χ0n) is 16.7. The fraction of sp³-hybridized carbons (Fsp3) is 0.524. The summed E-state index contributed by atoms with van der Waals surface area (Å²) in [5.74, 6) is 3.16. The van der Waals surface area contributed by atoms with Crippen LogP contribution in [0.25, 0.3) is 0 Å². The molecule has 4 heterocycles. The number of amides is 1. The van der Waals surface area contributed by atoms with Gasteiger partial charge in [-0.1, -0.05) is 13.0 Å². The highest BCUT2D eigenvalue weighted by Crippen LogP contribution is 2.22. The van der Waals surface area contributed by atoms with Crippen molar-refractivity contribution in [1.82, 2.24) is 19.9 Å². The molecule has 0 aromatic carbocycles. The van der Waals surface area contributed by atoms with Crippen LogP contribution in [0.4, 0.5) is 11.6 Å². The van der Waals surface area contributed by atoms with Crippen molar-refractivity contribution in [1.29, 1.82) is 0 Å². The van der Waals surface area contributed by atoms with Gasteiger partial charge in [0, 0.05) is 51.5 Å². The van der Waals surface area contributed by atoms with Crippen molar-refractivity contribution in [3.63, 3.8) is 0 Å². The first-order valence-electron chi connectivity index (χ1n) is 10.2. The first-order chi connectivity index (χ1) is 13.6. The zero-order chi connectivity index (χ0) is 19.5. The van der Waals surface area contributed by atoms with Gasteiger partial charge in [0.25, 0.3) is 5.91 Å². The maximum atomic E-state index is 13.1. The molecule has 4 rings (SSSR count). The molecule has 7 nitrogen and oxygen atoms in total. The Morgan fingerprint density at radius 3 is 2.57 bits per heavy atom. The van der Waals surface area contributed by atoms with Crippen LogP contribution in [0.5, 0.6) is 0 Å². The van der Waals surface area contributed by atoms with E-state index in [9.17, 15) is 4.79 Å². The molecular formula is C21H28N6O. The van der Waals surface area contributed by atoms with Crippen molar-refractivity contribution < 1.29 is 4.79 Å². The molecule has 0 N–H and O–H groups in total. The molecule has 7 heteroatoms. The zero-order valence-corrected chi connectivity index (χ0v) is 16.7. The summed E-state index contributed by atoms with van der Waals surface area (Å²) in [4.78, 5) is 32.9. The summed E-state index contributed by atoms with van der Waals surface area (Å²) >= 11 is 0. The summed E-state index contributed by atoms with van der Waals surface area (Å²) in [7, 11) is 0. The SMILES string of the molecule is Cc1nc(C(=O)N2CCN(c3ccccn3)CC2)cc(N2CCCC(C)C2)n1. The average molecular weight is 380 g/mol. The van der Waals surface area contributed by atoms with Gasteiger partial charge >= 0.3 is 0 Å². The third-order valence-electron chi connectivity index (χ3n) is 5.56. The molecule has 2 aliphatic heterocycles. The van der Waals surface area contributed by atoms with Gasteiger partial charge in [-0.25, -0.2) is 15.0 Å². The van der Waals surface area contributed by atoms with Crippen LogP contribution in [0, 0.1) is 12.8 Å². The van der Waals surface area contributed by atoms with Crippen LogP contribution in [-0.4, -0.2) is 65.0 Å². The fourth-order valence-electron chi connectivity index (χ4n) is 4.06. The minimum Gasteiger partial charge on any atom is -0.356 e. The summed E-state index contributed by atoms with van der Waals surface area (Å²) < 4.78 is 0. The van der Waals surface area contributed by atoms with Crippen molar-refractivity contribution in [2.24, 2.45) is 5.92 Å². The molecular weight excluding hydrogens is 352 g/mol. The van der Waals surface area contributed by atoms with Crippen LogP contribution in [0.15, 0.2) is 30.5 Å². The van der Waals surface area contributed by atoms with Gasteiger partial charge in [-0.2, -0.15) is 0 Å². The van der Waals surface area contributed by atoms with E-state index in [0.29, 0.717) is 30.5 Å². The van der Waals surface area contributed by atoms with Crippen molar-refractivity contribution in [3.05, 3.63) is 42.0 Å². The molecule has 0 radical (unpaired) electrons. The first-order valence-corrected chi connectivity index (χ1v) is 10.2. The summed E-state index contributed by atoms with van der Waals surface area (Å²) in [5, 5.41) is 0. The number of anilines is 2. The summed E-state index contributed by atoms with van der Waals surface area (Å²) in [6, 6.07) is 7.80. The number of piperidine rings is 1. The Hall–Kier alpha value is -2.70.